The van der Waals surface area contributed by atoms with E-state index in [4.69, 9.17) is 5.73 Å². The zero-order valence-electron chi connectivity index (χ0n) is 10.8. The van der Waals surface area contributed by atoms with Crippen LogP contribution in [0.1, 0.15) is 0 Å². The van der Waals surface area contributed by atoms with E-state index in [2.05, 4.69) is 22.1 Å². The smallest absolute Gasteiger partial charge is 0.124 e. The summed E-state index contributed by atoms with van der Waals surface area (Å²) in [6.07, 6.45) is 0. The van der Waals surface area contributed by atoms with Gasteiger partial charge in [0.05, 0.1) is 11.2 Å². The number of nitrogens with one attached hydrogen (secondary N) is 1. The molecule has 0 atom stereocenters. The number of anilines is 1. The summed E-state index contributed by atoms with van der Waals surface area (Å²) in [5, 5.41) is 2.29. The molecule has 2 heterocycles. The first-order valence-electron chi connectivity index (χ1n) is 6.55. The van der Waals surface area contributed by atoms with Crippen LogP contribution in [0.5, 0.6) is 0 Å². The van der Waals surface area contributed by atoms with Gasteiger partial charge in [0, 0.05) is 21.9 Å². The second kappa shape index (κ2) is 4.10. The number of nitrogens with two attached hydrogens (primary N) is 1. The van der Waals surface area contributed by atoms with Gasteiger partial charge in [-0.15, -0.1) is 0 Å². The van der Waals surface area contributed by atoms with Gasteiger partial charge in [0.2, 0.25) is 0 Å². The van der Waals surface area contributed by atoms with Gasteiger partial charge in [-0.25, -0.2) is 4.98 Å². The van der Waals surface area contributed by atoms with Gasteiger partial charge in [-0.05, 0) is 12.1 Å². The maximum absolute atomic E-state index is 5.99. The molecule has 0 saturated carbocycles. The van der Waals surface area contributed by atoms with E-state index in [-0.39, 0.29) is 0 Å². The van der Waals surface area contributed by atoms with Crippen molar-refractivity contribution in [2.75, 3.05) is 5.73 Å². The Balaban J connectivity index is 2.16. The van der Waals surface area contributed by atoms with E-state index >= 15 is 0 Å². The lowest BCUT2D eigenvalue weighted by molar-refractivity contribution is 1.35. The second-order valence-corrected chi connectivity index (χ2v) is 4.85. The van der Waals surface area contributed by atoms with Crippen LogP contribution in [0.4, 0.5) is 5.82 Å². The number of para-hydroxylation sites is 1. The summed E-state index contributed by atoms with van der Waals surface area (Å²) in [5.41, 5.74) is 10.1. The summed E-state index contributed by atoms with van der Waals surface area (Å²) in [5.74, 6) is 0.543. The molecule has 0 amide bonds. The molecule has 2 aromatic carbocycles. The molecule has 3 N–H and O–H groups in total. The third-order valence-corrected chi connectivity index (χ3v) is 3.56. The van der Waals surface area contributed by atoms with E-state index in [9.17, 15) is 0 Å². The topological polar surface area (TPSA) is 54.7 Å². The van der Waals surface area contributed by atoms with E-state index in [1.165, 1.54) is 5.39 Å². The highest BCUT2D eigenvalue weighted by atomic mass is 14.9. The first-order chi connectivity index (χ1) is 9.83. The summed E-state index contributed by atoms with van der Waals surface area (Å²) in [6.45, 7) is 0. The zero-order chi connectivity index (χ0) is 13.5. The normalized spacial score (nSPS) is 11.2. The van der Waals surface area contributed by atoms with Gasteiger partial charge in [-0.3, -0.25) is 0 Å². The molecule has 2 aromatic heterocycles. The van der Waals surface area contributed by atoms with Crippen LogP contribution in [0.25, 0.3) is 33.1 Å². The summed E-state index contributed by atoms with van der Waals surface area (Å²) in [6, 6.07) is 20.3. The first-order valence-corrected chi connectivity index (χ1v) is 6.55. The number of aromatic amines is 1. The number of nitrogens with zero attached hydrogens (tertiary/aromatic N) is 1. The molecular formula is C17H13N3. The molecule has 96 valence electrons. The Morgan fingerprint density at radius 3 is 2.45 bits per heavy atom. The Morgan fingerprint density at radius 2 is 1.60 bits per heavy atom. The summed E-state index contributed by atoms with van der Waals surface area (Å²) in [7, 11) is 0. The standard InChI is InChI=1S/C17H13N3/c18-15-10-13-12-8-4-5-9-14(12)19-17(13)16(20-15)11-6-2-1-3-7-11/h1-10,19H,(H2,18,20). The Morgan fingerprint density at radius 1 is 0.850 bits per heavy atom. The fourth-order valence-corrected chi connectivity index (χ4v) is 2.67. The van der Waals surface area contributed by atoms with Gasteiger partial charge >= 0.3 is 0 Å². The average molecular weight is 259 g/mol. The molecule has 0 aliphatic carbocycles. The first kappa shape index (κ1) is 11.1. The van der Waals surface area contributed by atoms with Crippen LogP contribution in [0, 0.1) is 0 Å². The second-order valence-electron chi connectivity index (χ2n) is 4.85. The van der Waals surface area contributed by atoms with Crippen molar-refractivity contribution in [3.8, 4) is 11.3 Å². The van der Waals surface area contributed by atoms with Crippen molar-refractivity contribution in [3.63, 3.8) is 0 Å². The highest BCUT2D eigenvalue weighted by Crippen LogP contribution is 2.32. The van der Waals surface area contributed by atoms with E-state index in [0.717, 1.165) is 27.7 Å². The van der Waals surface area contributed by atoms with Crippen LogP contribution >= 0.6 is 0 Å². The van der Waals surface area contributed by atoms with Gasteiger partial charge in [0.25, 0.3) is 0 Å². The summed E-state index contributed by atoms with van der Waals surface area (Å²) < 4.78 is 0. The van der Waals surface area contributed by atoms with Crippen molar-refractivity contribution in [1.82, 2.24) is 9.97 Å². The SMILES string of the molecule is Nc1cc2c([nH]c3ccccc32)c(-c2ccccc2)n1. The van der Waals surface area contributed by atoms with Crippen molar-refractivity contribution in [2.45, 2.75) is 0 Å². The largest absolute Gasteiger partial charge is 0.384 e. The molecule has 0 aliphatic rings. The maximum Gasteiger partial charge on any atom is 0.124 e. The molecule has 3 heteroatoms. The Kier molecular flexibility index (Phi) is 2.27. The minimum Gasteiger partial charge on any atom is -0.384 e. The van der Waals surface area contributed by atoms with Crippen LogP contribution in [0.3, 0.4) is 0 Å². The Bertz CT molecular complexity index is 907. The zero-order valence-corrected chi connectivity index (χ0v) is 10.8. The number of aromatic nitrogens is 2. The van der Waals surface area contributed by atoms with Crippen LogP contribution in [-0.2, 0) is 0 Å². The quantitative estimate of drug-likeness (QED) is 0.543. The molecule has 0 unspecified atom stereocenters. The van der Waals surface area contributed by atoms with E-state index in [1.807, 2.05) is 48.5 Å². The summed E-state index contributed by atoms with van der Waals surface area (Å²) >= 11 is 0. The number of pyridine rings is 1. The predicted octanol–water partition coefficient (Wildman–Crippen LogP) is 3.97. The van der Waals surface area contributed by atoms with Gasteiger partial charge < -0.3 is 10.7 Å². The third kappa shape index (κ3) is 1.57. The molecule has 0 bridgehead atoms. The van der Waals surface area contributed by atoms with Crippen molar-refractivity contribution in [3.05, 3.63) is 60.7 Å². The van der Waals surface area contributed by atoms with Gasteiger partial charge in [0.1, 0.15) is 5.82 Å². The Hall–Kier alpha value is -2.81. The minimum atomic E-state index is 0.543. The average Bonchev–Trinajstić information content (AvgIpc) is 2.86. The van der Waals surface area contributed by atoms with Crippen LogP contribution in [0.15, 0.2) is 60.7 Å². The lowest BCUT2D eigenvalue weighted by atomic mass is 10.1. The molecule has 0 fully saturated rings. The number of rotatable bonds is 1. The molecule has 0 spiro atoms. The molecule has 3 nitrogen and oxygen atoms in total. The van der Waals surface area contributed by atoms with E-state index < -0.39 is 0 Å². The van der Waals surface area contributed by atoms with Crippen molar-refractivity contribution >= 4 is 27.6 Å². The van der Waals surface area contributed by atoms with Crippen LogP contribution in [-0.4, -0.2) is 9.97 Å². The van der Waals surface area contributed by atoms with Crippen LogP contribution < -0.4 is 5.73 Å². The van der Waals surface area contributed by atoms with Crippen LogP contribution in [0.2, 0.25) is 0 Å². The molecule has 4 rings (SSSR count). The highest BCUT2D eigenvalue weighted by molar-refractivity contribution is 6.11. The van der Waals surface area contributed by atoms with Gasteiger partial charge in [-0.1, -0.05) is 48.5 Å². The number of H-pyrrole nitrogens is 1. The third-order valence-electron chi connectivity index (χ3n) is 3.56. The molecular weight excluding hydrogens is 246 g/mol. The predicted molar refractivity (Wildman–Crippen MR) is 83.4 cm³/mol. The molecule has 0 aliphatic heterocycles. The number of hydrogen-bond acceptors (Lipinski definition) is 2. The van der Waals surface area contributed by atoms with Crippen molar-refractivity contribution < 1.29 is 0 Å². The Labute approximate surface area is 116 Å². The van der Waals surface area contributed by atoms with Gasteiger partial charge in [0.15, 0.2) is 0 Å². The summed E-state index contributed by atoms with van der Waals surface area (Å²) in [4.78, 5) is 7.97. The lowest BCUT2D eigenvalue weighted by Gasteiger charge is -2.04. The molecule has 20 heavy (non-hydrogen) atoms. The van der Waals surface area contributed by atoms with Crippen molar-refractivity contribution in [2.24, 2.45) is 0 Å². The molecule has 0 saturated heterocycles. The number of nitrogen functional groups attached to an aromatic ring is 1. The highest BCUT2D eigenvalue weighted by Gasteiger charge is 2.11. The van der Waals surface area contributed by atoms with E-state index in [1.54, 1.807) is 0 Å². The fourth-order valence-electron chi connectivity index (χ4n) is 2.67. The molecule has 4 aromatic rings. The monoisotopic (exact) mass is 259 g/mol. The van der Waals surface area contributed by atoms with E-state index in [0.29, 0.717) is 5.82 Å². The number of hydrogen-bond donors (Lipinski definition) is 2. The van der Waals surface area contributed by atoms with Crippen molar-refractivity contribution in [1.29, 1.82) is 0 Å². The number of benzene rings is 2. The lowest BCUT2D eigenvalue weighted by Crippen LogP contribution is -1.93. The van der Waals surface area contributed by atoms with Gasteiger partial charge in [-0.2, -0.15) is 0 Å². The maximum atomic E-state index is 5.99. The number of fused-ring (bicyclic) bond motifs is 3. The molecule has 0 radical (unpaired) electrons. The minimum absolute atomic E-state index is 0.543. The fraction of sp³-hybridized carbons (Fsp3) is 0.